The Hall–Kier alpha value is -1.57. The number of esters is 1. The van der Waals surface area contributed by atoms with Crippen LogP contribution in [0.15, 0.2) is 42.0 Å². The minimum Gasteiger partial charge on any atom is -0.459 e. The van der Waals surface area contributed by atoms with Crippen LogP contribution in [0.4, 0.5) is 0 Å². The van der Waals surface area contributed by atoms with Crippen LogP contribution in [0.2, 0.25) is 0 Å². The van der Waals surface area contributed by atoms with Crippen LogP contribution in [0.1, 0.15) is 25.3 Å². The molecule has 0 spiro atoms. The van der Waals surface area contributed by atoms with Crippen molar-refractivity contribution in [2.45, 2.75) is 32.3 Å². The van der Waals surface area contributed by atoms with Crippen molar-refractivity contribution in [3.05, 3.63) is 47.5 Å². The van der Waals surface area contributed by atoms with Gasteiger partial charge in [0.1, 0.15) is 6.10 Å². The van der Waals surface area contributed by atoms with E-state index in [-0.39, 0.29) is 12.1 Å². The van der Waals surface area contributed by atoms with Gasteiger partial charge in [-0.2, -0.15) is 0 Å². The molecule has 0 N–H and O–H groups in total. The maximum Gasteiger partial charge on any atom is 0.334 e. The lowest BCUT2D eigenvalue weighted by molar-refractivity contribution is -0.139. The molecule has 0 saturated carbocycles. The van der Waals surface area contributed by atoms with Gasteiger partial charge in [-0.25, -0.2) is 4.79 Å². The summed E-state index contributed by atoms with van der Waals surface area (Å²) in [6.45, 7) is 1.89. The zero-order valence-electron chi connectivity index (χ0n) is 9.48. The highest BCUT2D eigenvalue weighted by molar-refractivity contribution is 5.90. The van der Waals surface area contributed by atoms with Crippen LogP contribution in [0.25, 0.3) is 0 Å². The first kappa shape index (κ1) is 10.9. The van der Waals surface area contributed by atoms with Crippen molar-refractivity contribution in [3.63, 3.8) is 0 Å². The van der Waals surface area contributed by atoms with Crippen molar-refractivity contribution in [1.29, 1.82) is 0 Å². The molecule has 0 amide bonds. The van der Waals surface area contributed by atoms with E-state index in [0.29, 0.717) is 0 Å². The molecule has 0 radical (unpaired) electrons. The van der Waals surface area contributed by atoms with Gasteiger partial charge in [-0.1, -0.05) is 36.4 Å². The smallest absolute Gasteiger partial charge is 0.334 e. The summed E-state index contributed by atoms with van der Waals surface area (Å²) in [5, 5.41) is 0. The topological polar surface area (TPSA) is 26.3 Å². The third-order valence-electron chi connectivity index (χ3n) is 2.93. The van der Waals surface area contributed by atoms with Gasteiger partial charge < -0.3 is 4.74 Å². The van der Waals surface area contributed by atoms with Crippen LogP contribution in [-0.4, -0.2) is 12.1 Å². The average molecular weight is 216 g/mol. The molecular weight excluding hydrogens is 200 g/mol. The highest BCUT2D eigenvalue weighted by atomic mass is 16.5. The van der Waals surface area contributed by atoms with E-state index in [9.17, 15) is 4.79 Å². The predicted octanol–water partition coefficient (Wildman–Crippen LogP) is 2.88. The van der Waals surface area contributed by atoms with E-state index in [4.69, 9.17) is 4.74 Å². The highest BCUT2D eigenvalue weighted by Crippen LogP contribution is 2.23. The number of carbonyl (C=O) groups excluding carboxylic acids is 1. The summed E-state index contributed by atoms with van der Waals surface area (Å²) in [5.41, 5.74) is 2.12. The summed E-state index contributed by atoms with van der Waals surface area (Å²) < 4.78 is 5.28. The minimum absolute atomic E-state index is 0.0684. The van der Waals surface area contributed by atoms with Gasteiger partial charge in [0.05, 0.1) is 0 Å². The number of carbonyl (C=O) groups is 1. The molecule has 1 aromatic rings. The van der Waals surface area contributed by atoms with E-state index in [1.807, 2.05) is 31.2 Å². The maximum atomic E-state index is 11.3. The highest BCUT2D eigenvalue weighted by Gasteiger charge is 2.27. The molecule has 0 aromatic heterocycles. The number of ether oxygens (including phenoxy) is 1. The first-order chi connectivity index (χ1) is 7.79. The molecular formula is C14H16O2. The number of rotatable bonds is 3. The lowest BCUT2D eigenvalue weighted by atomic mass is 10.0. The summed E-state index contributed by atoms with van der Waals surface area (Å²) in [5.74, 6) is -0.138. The largest absolute Gasteiger partial charge is 0.459 e. The van der Waals surface area contributed by atoms with E-state index in [1.54, 1.807) is 0 Å². The molecule has 2 heteroatoms. The average Bonchev–Trinajstić information content (AvgIpc) is 2.69. The molecule has 1 aromatic carbocycles. The molecule has 1 aliphatic rings. The lowest BCUT2D eigenvalue weighted by Crippen LogP contribution is -2.07. The number of aryl methyl sites for hydroxylation is 1. The van der Waals surface area contributed by atoms with E-state index in [2.05, 4.69) is 12.1 Å². The van der Waals surface area contributed by atoms with Gasteiger partial charge in [-0.05, 0) is 25.3 Å². The first-order valence-electron chi connectivity index (χ1n) is 5.69. The predicted molar refractivity (Wildman–Crippen MR) is 63.0 cm³/mol. The fourth-order valence-electron chi connectivity index (χ4n) is 1.97. The van der Waals surface area contributed by atoms with Crippen molar-refractivity contribution >= 4 is 5.97 Å². The minimum atomic E-state index is -0.138. The number of allylic oxidation sites excluding steroid dienone is 1. The quantitative estimate of drug-likeness (QED) is 0.573. The van der Waals surface area contributed by atoms with Crippen molar-refractivity contribution in [2.75, 3.05) is 0 Å². The lowest BCUT2D eigenvalue weighted by Gasteiger charge is -2.07. The normalized spacial score (nSPS) is 22.4. The summed E-state index contributed by atoms with van der Waals surface area (Å²) in [6, 6.07) is 10.3. The molecule has 84 valence electrons. The van der Waals surface area contributed by atoms with Gasteiger partial charge in [0.25, 0.3) is 0 Å². The summed E-state index contributed by atoms with van der Waals surface area (Å²) in [4.78, 5) is 11.3. The second-order valence-electron chi connectivity index (χ2n) is 4.07. The fraction of sp³-hybridized carbons (Fsp3) is 0.357. The summed E-state index contributed by atoms with van der Waals surface area (Å²) >= 11 is 0. The SMILES string of the molecule is C/C=C1\CC(CCc2ccccc2)OC1=O. The number of hydrogen-bond donors (Lipinski definition) is 0. The first-order valence-corrected chi connectivity index (χ1v) is 5.69. The van der Waals surface area contributed by atoms with Crippen molar-refractivity contribution in [2.24, 2.45) is 0 Å². The van der Waals surface area contributed by atoms with E-state index in [0.717, 1.165) is 24.8 Å². The monoisotopic (exact) mass is 216 g/mol. The Morgan fingerprint density at radius 3 is 2.75 bits per heavy atom. The molecule has 0 aliphatic carbocycles. The third-order valence-corrected chi connectivity index (χ3v) is 2.93. The number of benzene rings is 1. The zero-order chi connectivity index (χ0) is 11.4. The van der Waals surface area contributed by atoms with Crippen LogP contribution in [-0.2, 0) is 16.0 Å². The van der Waals surface area contributed by atoms with Crippen LogP contribution < -0.4 is 0 Å². The van der Waals surface area contributed by atoms with Crippen LogP contribution >= 0.6 is 0 Å². The molecule has 1 aliphatic heterocycles. The van der Waals surface area contributed by atoms with Gasteiger partial charge in [0.15, 0.2) is 0 Å². The second kappa shape index (κ2) is 4.97. The Labute approximate surface area is 95.9 Å². The third kappa shape index (κ3) is 2.51. The molecule has 0 bridgehead atoms. The number of cyclic esters (lactones) is 1. The number of hydrogen-bond acceptors (Lipinski definition) is 2. The molecule has 1 atom stereocenters. The Morgan fingerprint density at radius 2 is 2.12 bits per heavy atom. The van der Waals surface area contributed by atoms with E-state index in [1.165, 1.54) is 5.56 Å². The second-order valence-corrected chi connectivity index (χ2v) is 4.07. The molecule has 2 nitrogen and oxygen atoms in total. The zero-order valence-corrected chi connectivity index (χ0v) is 9.48. The standard InChI is InChI=1S/C14H16O2/c1-2-12-10-13(16-14(12)15)9-8-11-6-4-3-5-7-11/h2-7,13H,8-10H2,1H3/b12-2+. The van der Waals surface area contributed by atoms with Gasteiger partial charge in [-0.15, -0.1) is 0 Å². The van der Waals surface area contributed by atoms with Crippen LogP contribution in [0.5, 0.6) is 0 Å². The molecule has 1 saturated heterocycles. The van der Waals surface area contributed by atoms with Gasteiger partial charge >= 0.3 is 5.97 Å². The maximum absolute atomic E-state index is 11.3. The van der Waals surface area contributed by atoms with E-state index < -0.39 is 0 Å². The summed E-state index contributed by atoms with van der Waals surface area (Å²) in [6.07, 6.45) is 4.56. The molecule has 1 unspecified atom stereocenters. The van der Waals surface area contributed by atoms with Crippen LogP contribution in [0.3, 0.4) is 0 Å². The van der Waals surface area contributed by atoms with Gasteiger partial charge in [-0.3, -0.25) is 0 Å². The van der Waals surface area contributed by atoms with Gasteiger partial charge in [0, 0.05) is 12.0 Å². The van der Waals surface area contributed by atoms with Crippen molar-refractivity contribution < 1.29 is 9.53 Å². The van der Waals surface area contributed by atoms with Crippen molar-refractivity contribution in [1.82, 2.24) is 0 Å². The Kier molecular flexibility index (Phi) is 3.40. The Morgan fingerprint density at radius 1 is 1.38 bits per heavy atom. The molecule has 1 heterocycles. The fourth-order valence-corrected chi connectivity index (χ4v) is 1.97. The molecule has 1 fully saturated rings. The van der Waals surface area contributed by atoms with E-state index >= 15 is 0 Å². The molecule has 16 heavy (non-hydrogen) atoms. The Balaban J connectivity index is 1.87. The Bertz CT molecular complexity index is 392. The van der Waals surface area contributed by atoms with Crippen molar-refractivity contribution in [3.8, 4) is 0 Å². The van der Waals surface area contributed by atoms with Crippen LogP contribution in [0, 0.1) is 0 Å². The molecule has 2 rings (SSSR count). The summed E-state index contributed by atoms with van der Waals surface area (Å²) in [7, 11) is 0. The van der Waals surface area contributed by atoms with Gasteiger partial charge in [0.2, 0.25) is 0 Å².